The van der Waals surface area contributed by atoms with Crippen molar-refractivity contribution in [3.05, 3.63) is 59.7 Å². The lowest BCUT2D eigenvalue weighted by molar-refractivity contribution is -0.119. The van der Waals surface area contributed by atoms with Crippen molar-refractivity contribution in [1.29, 1.82) is 0 Å². The Balaban J connectivity index is 1.84. The lowest BCUT2D eigenvalue weighted by Crippen LogP contribution is -2.43. The van der Waals surface area contributed by atoms with E-state index in [4.69, 9.17) is 0 Å². The van der Waals surface area contributed by atoms with Crippen molar-refractivity contribution in [3.63, 3.8) is 0 Å². The van der Waals surface area contributed by atoms with Crippen LogP contribution in [0.25, 0.3) is 0 Å². The van der Waals surface area contributed by atoms with Gasteiger partial charge in [0.25, 0.3) is 0 Å². The molecule has 1 amide bonds. The van der Waals surface area contributed by atoms with E-state index in [2.05, 4.69) is 5.32 Å². The number of halogens is 2. The Morgan fingerprint density at radius 1 is 1.15 bits per heavy atom. The molecule has 138 valence electrons. The highest BCUT2D eigenvalue weighted by molar-refractivity contribution is 7.89. The van der Waals surface area contributed by atoms with Crippen molar-refractivity contribution >= 4 is 21.6 Å². The number of hydrogen-bond acceptors (Lipinski definition) is 3. The van der Waals surface area contributed by atoms with Crippen LogP contribution in [0.15, 0.2) is 47.4 Å². The van der Waals surface area contributed by atoms with Gasteiger partial charge in [0.15, 0.2) is 0 Å². The van der Waals surface area contributed by atoms with E-state index in [1.807, 2.05) is 0 Å². The van der Waals surface area contributed by atoms with E-state index >= 15 is 0 Å². The molecule has 1 aliphatic heterocycles. The summed E-state index contributed by atoms with van der Waals surface area (Å²) in [7, 11) is -4.15. The Bertz CT molecular complexity index is 947. The first-order valence-corrected chi connectivity index (χ1v) is 9.58. The molecule has 0 aliphatic carbocycles. The van der Waals surface area contributed by atoms with Crippen molar-refractivity contribution in [2.24, 2.45) is 0 Å². The van der Waals surface area contributed by atoms with E-state index in [9.17, 15) is 22.0 Å². The number of anilines is 1. The normalized spacial score (nSPS) is 18.0. The second-order valence-electron chi connectivity index (χ2n) is 6.16. The summed E-state index contributed by atoms with van der Waals surface area (Å²) in [5, 5.41) is 2.54. The summed E-state index contributed by atoms with van der Waals surface area (Å²) in [5.74, 6) is -1.89. The maximum Gasteiger partial charge on any atom is 0.246 e. The van der Waals surface area contributed by atoms with Gasteiger partial charge in [0.1, 0.15) is 22.6 Å². The summed E-state index contributed by atoms with van der Waals surface area (Å²) in [6.45, 7) is 1.72. The molecule has 8 heteroatoms. The molecular weight excluding hydrogens is 362 g/mol. The number of hydrogen-bond donors (Lipinski definition) is 1. The van der Waals surface area contributed by atoms with Gasteiger partial charge in [-0.2, -0.15) is 4.31 Å². The third kappa shape index (κ3) is 3.47. The van der Waals surface area contributed by atoms with E-state index in [0.29, 0.717) is 18.4 Å². The van der Waals surface area contributed by atoms with Gasteiger partial charge in [0.2, 0.25) is 15.9 Å². The standard InChI is InChI=1S/C18H18F2N2O3S/c1-12-8-9-13(11-15(12)20)21-18(23)16-6-4-10-22(16)26(24,25)17-7-3-2-5-14(17)19/h2-3,5,7-9,11,16H,4,6,10H2,1H3,(H,21,23)/t16-/m0/s1. The highest BCUT2D eigenvalue weighted by Crippen LogP contribution is 2.28. The molecule has 1 fully saturated rings. The van der Waals surface area contributed by atoms with Crippen molar-refractivity contribution in [1.82, 2.24) is 4.31 Å². The van der Waals surface area contributed by atoms with Crippen LogP contribution in [0.2, 0.25) is 0 Å². The summed E-state index contributed by atoms with van der Waals surface area (Å²) >= 11 is 0. The fourth-order valence-electron chi connectivity index (χ4n) is 2.97. The first-order valence-electron chi connectivity index (χ1n) is 8.14. The first-order chi connectivity index (χ1) is 12.3. The first kappa shape index (κ1) is 18.5. The summed E-state index contributed by atoms with van der Waals surface area (Å²) in [5.41, 5.74) is 0.681. The monoisotopic (exact) mass is 380 g/mol. The van der Waals surface area contributed by atoms with Crippen LogP contribution in [0.3, 0.4) is 0 Å². The van der Waals surface area contributed by atoms with Crippen LogP contribution < -0.4 is 5.32 Å². The van der Waals surface area contributed by atoms with E-state index in [1.54, 1.807) is 13.0 Å². The molecule has 1 saturated heterocycles. The molecule has 2 aromatic rings. The second-order valence-corrected chi connectivity index (χ2v) is 8.02. The number of carbonyl (C=O) groups is 1. The lowest BCUT2D eigenvalue weighted by atomic mass is 10.2. The van der Waals surface area contributed by atoms with Gasteiger partial charge in [-0.05, 0) is 49.6 Å². The molecule has 1 heterocycles. The Hall–Kier alpha value is -2.32. The molecule has 26 heavy (non-hydrogen) atoms. The average molecular weight is 380 g/mol. The fraction of sp³-hybridized carbons (Fsp3) is 0.278. The van der Waals surface area contributed by atoms with E-state index in [-0.39, 0.29) is 12.2 Å². The number of rotatable bonds is 4. The van der Waals surface area contributed by atoms with Gasteiger partial charge in [-0.3, -0.25) is 4.79 Å². The minimum absolute atomic E-state index is 0.122. The van der Waals surface area contributed by atoms with Gasteiger partial charge in [-0.15, -0.1) is 0 Å². The van der Waals surface area contributed by atoms with E-state index in [1.165, 1.54) is 30.3 Å². The van der Waals surface area contributed by atoms with Crippen LogP contribution in [-0.4, -0.2) is 31.2 Å². The molecule has 0 saturated carbocycles. The predicted molar refractivity (Wildman–Crippen MR) is 93.1 cm³/mol. The Morgan fingerprint density at radius 3 is 2.58 bits per heavy atom. The molecule has 3 rings (SSSR count). The van der Waals surface area contributed by atoms with E-state index < -0.39 is 38.5 Å². The number of nitrogens with zero attached hydrogens (tertiary/aromatic N) is 1. The minimum atomic E-state index is -4.15. The zero-order chi connectivity index (χ0) is 18.9. The molecule has 1 N–H and O–H groups in total. The number of aryl methyl sites for hydroxylation is 1. The van der Waals surface area contributed by atoms with Gasteiger partial charge in [0.05, 0.1) is 0 Å². The lowest BCUT2D eigenvalue weighted by Gasteiger charge is -2.23. The van der Waals surface area contributed by atoms with Crippen molar-refractivity contribution in [2.45, 2.75) is 30.7 Å². The van der Waals surface area contributed by atoms with Crippen LogP contribution >= 0.6 is 0 Å². The molecule has 0 unspecified atom stereocenters. The van der Waals surface area contributed by atoms with Crippen LogP contribution in [0, 0.1) is 18.6 Å². The predicted octanol–water partition coefficient (Wildman–Crippen LogP) is 3.07. The second kappa shape index (κ2) is 7.13. The van der Waals surface area contributed by atoms with Crippen molar-refractivity contribution < 1.29 is 22.0 Å². The number of nitrogens with one attached hydrogen (secondary N) is 1. The van der Waals surface area contributed by atoms with Gasteiger partial charge in [-0.25, -0.2) is 17.2 Å². The van der Waals surface area contributed by atoms with Gasteiger partial charge >= 0.3 is 0 Å². The Morgan fingerprint density at radius 2 is 1.88 bits per heavy atom. The molecular formula is C18H18F2N2O3S. The van der Waals surface area contributed by atoms with E-state index in [0.717, 1.165) is 10.4 Å². The number of benzene rings is 2. The number of sulfonamides is 1. The molecule has 2 aromatic carbocycles. The van der Waals surface area contributed by atoms with Crippen LogP contribution in [0.1, 0.15) is 18.4 Å². The summed E-state index contributed by atoms with van der Waals surface area (Å²) in [6, 6.07) is 8.33. The zero-order valence-corrected chi connectivity index (χ0v) is 14.9. The summed E-state index contributed by atoms with van der Waals surface area (Å²) in [4.78, 5) is 12.1. The molecule has 5 nitrogen and oxygen atoms in total. The minimum Gasteiger partial charge on any atom is -0.325 e. The quantitative estimate of drug-likeness (QED) is 0.887. The molecule has 0 bridgehead atoms. The Kier molecular flexibility index (Phi) is 5.06. The summed E-state index contributed by atoms with van der Waals surface area (Å²) in [6.07, 6.45) is 0.794. The Labute approximate surface area is 150 Å². The van der Waals surface area contributed by atoms with Crippen LogP contribution in [-0.2, 0) is 14.8 Å². The molecule has 0 radical (unpaired) electrons. The van der Waals surface area contributed by atoms with Crippen LogP contribution in [0.4, 0.5) is 14.5 Å². The van der Waals surface area contributed by atoms with Gasteiger partial charge in [0, 0.05) is 12.2 Å². The number of amides is 1. The van der Waals surface area contributed by atoms with Crippen LogP contribution in [0.5, 0.6) is 0 Å². The SMILES string of the molecule is Cc1ccc(NC(=O)[C@@H]2CCCN2S(=O)(=O)c2ccccc2F)cc1F. The molecule has 0 aromatic heterocycles. The highest BCUT2D eigenvalue weighted by atomic mass is 32.2. The average Bonchev–Trinajstić information content (AvgIpc) is 3.09. The maximum absolute atomic E-state index is 13.9. The molecule has 1 aliphatic rings. The van der Waals surface area contributed by atoms with Crippen molar-refractivity contribution in [2.75, 3.05) is 11.9 Å². The van der Waals surface area contributed by atoms with Gasteiger partial charge in [-0.1, -0.05) is 18.2 Å². The fourth-order valence-corrected chi connectivity index (χ4v) is 4.69. The molecule has 1 atom stereocenters. The van der Waals surface area contributed by atoms with Gasteiger partial charge < -0.3 is 5.32 Å². The number of carbonyl (C=O) groups excluding carboxylic acids is 1. The highest BCUT2D eigenvalue weighted by Gasteiger charge is 2.40. The molecule has 0 spiro atoms. The third-order valence-corrected chi connectivity index (χ3v) is 6.31. The smallest absolute Gasteiger partial charge is 0.246 e. The largest absolute Gasteiger partial charge is 0.325 e. The van der Waals surface area contributed by atoms with Crippen molar-refractivity contribution in [3.8, 4) is 0 Å². The maximum atomic E-state index is 13.9. The zero-order valence-electron chi connectivity index (χ0n) is 14.1. The summed E-state index contributed by atoms with van der Waals surface area (Å²) < 4.78 is 54.1. The third-order valence-electron chi connectivity index (χ3n) is 4.37. The topological polar surface area (TPSA) is 66.5 Å².